The molecule has 0 saturated carbocycles. The molecule has 0 amide bonds. The Kier molecular flexibility index (Phi) is 4.01. The first kappa shape index (κ1) is 13.1. The van der Waals surface area contributed by atoms with E-state index in [4.69, 9.17) is 0 Å². The normalized spacial score (nSPS) is 19.3. The summed E-state index contributed by atoms with van der Waals surface area (Å²) >= 11 is 0. The minimum Gasteiger partial charge on any atom is -0.363 e. The molecule has 100 valence electrons. The molecule has 2 rings (SSSR count). The van der Waals surface area contributed by atoms with Crippen molar-refractivity contribution in [3.05, 3.63) is 11.9 Å². The smallest absolute Gasteiger partial charge is 0.134 e. The number of aromatic nitrogens is 2. The summed E-state index contributed by atoms with van der Waals surface area (Å²) in [5, 5.41) is 3.27. The number of aryl methyl sites for hydroxylation is 1. The highest BCUT2D eigenvalue weighted by Crippen LogP contribution is 2.25. The van der Waals surface area contributed by atoms with Crippen molar-refractivity contribution in [2.75, 3.05) is 44.0 Å². The summed E-state index contributed by atoms with van der Waals surface area (Å²) in [6.07, 6.45) is 2.48. The van der Waals surface area contributed by atoms with Crippen LogP contribution in [0.1, 0.15) is 18.7 Å². The van der Waals surface area contributed by atoms with Gasteiger partial charge in [-0.2, -0.15) is 0 Å². The molecule has 1 unspecified atom stereocenters. The van der Waals surface area contributed by atoms with Gasteiger partial charge < -0.3 is 15.1 Å². The lowest BCUT2D eigenvalue weighted by molar-refractivity contribution is 0.611. The summed E-state index contributed by atoms with van der Waals surface area (Å²) in [5.41, 5.74) is 0. The molecule has 5 heteroatoms. The average molecular weight is 249 g/mol. The van der Waals surface area contributed by atoms with Crippen molar-refractivity contribution in [1.29, 1.82) is 0 Å². The molecule has 0 aliphatic carbocycles. The molecule has 1 N–H and O–H groups in total. The lowest BCUT2D eigenvalue weighted by Crippen LogP contribution is -2.37. The number of rotatable bonds is 4. The van der Waals surface area contributed by atoms with Crippen molar-refractivity contribution in [2.45, 2.75) is 25.8 Å². The quantitative estimate of drug-likeness (QED) is 0.864. The van der Waals surface area contributed by atoms with E-state index in [1.807, 2.05) is 33.0 Å². The van der Waals surface area contributed by atoms with Gasteiger partial charge in [-0.1, -0.05) is 0 Å². The van der Waals surface area contributed by atoms with Gasteiger partial charge in [0.05, 0.1) is 0 Å². The summed E-state index contributed by atoms with van der Waals surface area (Å²) in [7, 11) is 6.04. The first-order chi connectivity index (χ1) is 8.61. The van der Waals surface area contributed by atoms with Gasteiger partial charge in [0.2, 0.25) is 0 Å². The second-order valence-corrected chi connectivity index (χ2v) is 5.07. The molecule has 1 aliphatic heterocycles. The van der Waals surface area contributed by atoms with E-state index in [1.165, 1.54) is 12.8 Å². The van der Waals surface area contributed by atoms with E-state index in [2.05, 4.69) is 26.3 Å². The Morgan fingerprint density at radius 2 is 2.22 bits per heavy atom. The largest absolute Gasteiger partial charge is 0.363 e. The maximum Gasteiger partial charge on any atom is 0.134 e. The standard InChI is InChI=1S/C13H23N5/c1-10-15-12(17(3)4)8-13(16-10)18-7-5-6-11(18)9-14-2/h8,11,14H,5-7,9H2,1-4H3. The predicted molar refractivity (Wildman–Crippen MR) is 75.4 cm³/mol. The van der Waals surface area contributed by atoms with Gasteiger partial charge in [0.25, 0.3) is 0 Å². The van der Waals surface area contributed by atoms with Crippen LogP contribution in [0.25, 0.3) is 0 Å². The van der Waals surface area contributed by atoms with E-state index in [9.17, 15) is 0 Å². The van der Waals surface area contributed by atoms with Crippen LogP contribution in [0.4, 0.5) is 11.6 Å². The first-order valence-corrected chi connectivity index (χ1v) is 6.56. The van der Waals surface area contributed by atoms with Crippen molar-refractivity contribution in [1.82, 2.24) is 15.3 Å². The molecule has 18 heavy (non-hydrogen) atoms. The van der Waals surface area contributed by atoms with Crippen molar-refractivity contribution in [3.8, 4) is 0 Å². The lowest BCUT2D eigenvalue weighted by Gasteiger charge is -2.26. The number of nitrogens with zero attached hydrogens (tertiary/aromatic N) is 4. The van der Waals surface area contributed by atoms with Gasteiger partial charge in [0.15, 0.2) is 0 Å². The molecular formula is C13H23N5. The molecule has 1 saturated heterocycles. The maximum atomic E-state index is 4.59. The van der Waals surface area contributed by atoms with Gasteiger partial charge in [0, 0.05) is 39.3 Å². The highest BCUT2D eigenvalue weighted by molar-refractivity contribution is 5.51. The van der Waals surface area contributed by atoms with Crippen molar-refractivity contribution in [3.63, 3.8) is 0 Å². The lowest BCUT2D eigenvalue weighted by atomic mass is 10.2. The highest BCUT2D eigenvalue weighted by atomic mass is 15.3. The van der Waals surface area contributed by atoms with E-state index in [1.54, 1.807) is 0 Å². The molecule has 5 nitrogen and oxygen atoms in total. The number of likely N-dealkylation sites (N-methyl/N-ethyl adjacent to an activating group) is 1. The van der Waals surface area contributed by atoms with Gasteiger partial charge >= 0.3 is 0 Å². The Balaban J connectivity index is 2.26. The molecule has 0 spiro atoms. The molecule has 0 bridgehead atoms. The van der Waals surface area contributed by atoms with Crippen LogP contribution in [0.3, 0.4) is 0 Å². The third kappa shape index (κ3) is 2.72. The monoisotopic (exact) mass is 249 g/mol. The Bertz CT molecular complexity index is 404. The molecule has 0 radical (unpaired) electrons. The fourth-order valence-electron chi connectivity index (χ4n) is 2.50. The Morgan fingerprint density at radius 3 is 2.89 bits per heavy atom. The second kappa shape index (κ2) is 5.52. The molecule has 2 heterocycles. The summed E-state index contributed by atoms with van der Waals surface area (Å²) < 4.78 is 0. The second-order valence-electron chi connectivity index (χ2n) is 5.07. The average Bonchev–Trinajstić information content (AvgIpc) is 2.77. The van der Waals surface area contributed by atoms with Crippen LogP contribution in [-0.2, 0) is 0 Å². The number of nitrogens with one attached hydrogen (secondary N) is 1. The fraction of sp³-hybridized carbons (Fsp3) is 0.692. The zero-order valence-corrected chi connectivity index (χ0v) is 11.8. The summed E-state index contributed by atoms with van der Waals surface area (Å²) in [5.74, 6) is 2.88. The predicted octanol–water partition coefficient (Wildman–Crippen LogP) is 1.04. The SMILES string of the molecule is CNCC1CCCN1c1cc(N(C)C)nc(C)n1. The van der Waals surface area contributed by atoms with Crippen LogP contribution in [0.15, 0.2) is 6.07 Å². The van der Waals surface area contributed by atoms with E-state index >= 15 is 0 Å². The van der Waals surface area contributed by atoms with E-state index in [0.29, 0.717) is 6.04 Å². The Hall–Kier alpha value is -1.36. The van der Waals surface area contributed by atoms with Gasteiger partial charge in [-0.25, -0.2) is 9.97 Å². The molecule has 1 aromatic heterocycles. The van der Waals surface area contributed by atoms with Crippen LogP contribution in [0.2, 0.25) is 0 Å². The highest BCUT2D eigenvalue weighted by Gasteiger charge is 2.25. The number of hydrogen-bond acceptors (Lipinski definition) is 5. The third-order valence-electron chi connectivity index (χ3n) is 3.38. The van der Waals surface area contributed by atoms with Gasteiger partial charge in [-0.15, -0.1) is 0 Å². The van der Waals surface area contributed by atoms with Gasteiger partial charge in [-0.05, 0) is 26.8 Å². The van der Waals surface area contributed by atoms with Crippen molar-refractivity contribution >= 4 is 11.6 Å². The number of anilines is 2. The summed E-state index contributed by atoms with van der Waals surface area (Å²) in [4.78, 5) is 13.5. The van der Waals surface area contributed by atoms with E-state index in [-0.39, 0.29) is 0 Å². The first-order valence-electron chi connectivity index (χ1n) is 6.56. The maximum absolute atomic E-state index is 4.59. The molecule has 1 aliphatic rings. The minimum absolute atomic E-state index is 0.555. The van der Waals surface area contributed by atoms with Crippen LogP contribution in [-0.4, -0.2) is 50.2 Å². The van der Waals surface area contributed by atoms with Gasteiger partial charge in [-0.3, -0.25) is 0 Å². The molecular weight excluding hydrogens is 226 g/mol. The van der Waals surface area contributed by atoms with E-state index in [0.717, 1.165) is 30.5 Å². The molecule has 1 atom stereocenters. The van der Waals surface area contributed by atoms with Gasteiger partial charge in [0.1, 0.15) is 17.5 Å². The molecule has 1 aromatic rings. The topological polar surface area (TPSA) is 44.3 Å². The van der Waals surface area contributed by atoms with Crippen LogP contribution in [0, 0.1) is 6.92 Å². The molecule has 1 fully saturated rings. The van der Waals surface area contributed by atoms with Crippen LogP contribution < -0.4 is 15.1 Å². The van der Waals surface area contributed by atoms with Crippen LogP contribution >= 0.6 is 0 Å². The zero-order chi connectivity index (χ0) is 13.1. The summed E-state index contributed by atoms with van der Waals surface area (Å²) in [6, 6.07) is 2.64. The molecule has 0 aromatic carbocycles. The Morgan fingerprint density at radius 1 is 1.44 bits per heavy atom. The fourth-order valence-corrected chi connectivity index (χ4v) is 2.50. The van der Waals surface area contributed by atoms with Crippen molar-refractivity contribution in [2.24, 2.45) is 0 Å². The zero-order valence-electron chi connectivity index (χ0n) is 11.8. The number of hydrogen-bond donors (Lipinski definition) is 1. The van der Waals surface area contributed by atoms with Crippen molar-refractivity contribution < 1.29 is 0 Å². The minimum atomic E-state index is 0.555. The van der Waals surface area contributed by atoms with Crippen LogP contribution in [0.5, 0.6) is 0 Å². The Labute approximate surface area is 109 Å². The summed E-state index contributed by atoms with van der Waals surface area (Å²) in [6.45, 7) is 4.07. The van der Waals surface area contributed by atoms with E-state index < -0.39 is 0 Å². The third-order valence-corrected chi connectivity index (χ3v) is 3.38.